The predicted octanol–water partition coefficient (Wildman–Crippen LogP) is 2.51. The molecular weight excluding hydrogens is 309 g/mol. The molecule has 1 aromatic heterocycles. The molecule has 22 heavy (non-hydrogen) atoms. The Labute approximate surface area is 127 Å². The summed E-state index contributed by atoms with van der Waals surface area (Å²) in [6.45, 7) is -0.764. The second-order valence-electron chi connectivity index (χ2n) is 5.60. The molecular formula is C15H16FNO4S. The summed E-state index contributed by atoms with van der Waals surface area (Å²) in [6, 6.07) is 4.18. The number of rotatable bonds is 5. The first kappa shape index (κ1) is 15.2. The Morgan fingerprint density at radius 3 is 2.73 bits per heavy atom. The van der Waals surface area contributed by atoms with E-state index in [4.69, 9.17) is 4.52 Å². The van der Waals surface area contributed by atoms with Crippen LogP contribution in [0.3, 0.4) is 0 Å². The molecule has 1 saturated carbocycles. The Morgan fingerprint density at radius 1 is 1.41 bits per heavy atom. The highest BCUT2D eigenvalue weighted by molar-refractivity contribution is 7.90. The van der Waals surface area contributed by atoms with Crippen LogP contribution in [-0.2, 0) is 16.5 Å². The molecule has 1 aromatic carbocycles. The molecule has 0 amide bonds. The normalized spacial score (nSPS) is 16.7. The molecule has 2 aromatic rings. The lowest BCUT2D eigenvalue weighted by Gasteiger charge is -2.15. The van der Waals surface area contributed by atoms with Crippen molar-refractivity contribution in [2.45, 2.75) is 36.4 Å². The fourth-order valence-corrected chi connectivity index (χ4v) is 3.47. The van der Waals surface area contributed by atoms with Crippen LogP contribution in [0.1, 0.15) is 47.3 Å². The van der Waals surface area contributed by atoms with E-state index >= 15 is 0 Å². The number of nitrogens with zero attached hydrogens (tertiary/aromatic N) is 1. The quantitative estimate of drug-likeness (QED) is 0.913. The molecule has 0 radical (unpaired) electrons. The summed E-state index contributed by atoms with van der Waals surface area (Å²) in [4.78, 5) is -0.0712. The van der Waals surface area contributed by atoms with Crippen LogP contribution in [0.25, 0.3) is 0 Å². The van der Waals surface area contributed by atoms with E-state index in [1.165, 1.54) is 24.4 Å². The van der Waals surface area contributed by atoms with Crippen LogP contribution in [0.5, 0.6) is 0 Å². The maximum absolute atomic E-state index is 12.8. The average Bonchev–Trinajstić information content (AvgIpc) is 3.22. The summed E-state index contributed by atoms with van der Waals surface area (Å²) in [6.07, 6.45) is 3.22. The van der Waals surface area contributed by atoms with Crippen LogP contribution >= 0.6 is 0 Å². The average molecular weight is 325 g/mol. The molecule has 0 spiro atoms. The SMILES string of the molecule is CS(=O)(=O)c1cc(CF)ccc1C(O)c1cnoc1C1CC1. The molecule has 1 aliphatic carbocycles. The van der Waals surface area contributed by atoms with Gasteiger partial charge in [-0.1, -0.05) is 17.3 Å². The lowest BCUT2D eigenvalue weighted by molar-refractivity contribution is 0.213. The van der Waals surface area contributed by atoms with E-state index in [1.807, 2.05) is 0 Å². The molecule has 1 heterocycles. The van der Waals surface area contributed by atoms with Gasteiger partial charge in [-0.15, -0.1) is 0 Å². The number of aliphatic hydroxyl groups is 1. The summed E-state index contributed by atoms with van der Waals surface area (Å²) < 4.78 is 41.9. The minimum Gasteiger partial charge on any atom is -0.383 e. The first-order valence-electron chi connectivity index (χ1n) is 6.93. The van der Waals surface area contributed by atoms with Crippen LogP contribution in [-0.4, -0.2) is 24.9 Å². The van der Waals surface area contributed by atoms with Gasteiger partial charge in [0.25, 0.3) is 0 Å². The van der Waals surface area contributed by atoms with Crippen molar-refractivity contribution in [3.8, 4) is 0 Å². The van der Waals surface area contributed by atoms with Gasteiger partial charge in [0.2, 0.25) is 0 Å². The maximum Gasteiger partial charge on any atom is 0.175 e. The smallest absolute Gasteiger partial charge is 0.175 e. The third-order valence-corrected chi connectivity index (χ3v) is 4.95. The maximum atomic E-state index is 12.8. The molecule has 0 aliphatic heterocycles. The molecule has 5 nitrogen and oxygen atoms in total. The van der Waals surface area contributed by atoms with E-state index in [9.17, 15) is 17.9 Å². The van der Waals surface area contributed by atoms with E-state index in [1.54, 1.807) is 0 Å². The number of sulfone groups is 1. The Bertz CT molecular complexity index is 796. The van der Waals surface area contributed by atoms with Gasteiger partial charge < -0.3 is 9.63 Å². The molecule has 3 rings (SSSR count). The van der Waals surface area contributed by atoms with Crippen LogP contribution < -0.4 is 0 Å². The number of benzene rings is 1. The zero-order chi connectivity index (χ0) is 15.9. The highest BCUT2D eigenvalue weighted by atomic mass is 32.2. The van der Waals surface area contributed by atoms with Gasteiger partial charge in [-0.05, 0) is 24.5 Å². The molecule has 0 saturated heterocycles. The molecule has 118 valence electrons. The van der Waals surface area contributed by atoms with Crippen LogP contribution in [0.2, 0.25) is 0 Å². The highest BCUT2D eigenvalue weighted by Gasteiger charge is 2.33. The van der Waals surface area contributed by atoms with Crippen molar-refractivity contribution in [2.75, 3.05) is 6.26 Å². The Balaban J connectivity index is 2.08. The monoisotopic (exact) mass is 325 g/mol. The zero-order valence-electron chi connectivity index (χ0n) is 12.0. The van der Waals surface area contributed by atoms with Crippen molar-refractivity contribution >= 4 is 9.84 Å². The van der Waals surface area contributed by atoms with Crippen LogP contribution in [0.4, 0.5) is 4.39 Å². The van der Waals surface area contributed by atoms with Crippen molar-refractivity contribution in [3.05, 3.63) is 46.8 Å². The minimum absolute atomic E-state index is 0.0712. The summed E-state index contributed by atoms with van der Waals surface area (Å²) in [5.41, 5.74) is 0.939. The van der Waals surface area contributed by atoms with Crippen LogP contribution in [0, 0.1) is 0 Å². The number of halogens is 1. The number of aromatic nitrogens is 1. The Kier molecular flexibility index (Phi) is 3.78. The number of hydrogen-bond acceptors (Lipinski definition) is 5. The van der Waals surface area contributed by atoms with Gasteiger partial charge in [0.1, 0.15) is 18.5 Å². The van der Waals surface area contributed by atoms with Gasteiger partial charge in [-0.2, -0.15) is 0 Å². The molecule has 1 unspecified atom stereocenters. The summed E-state index contributed by atoms with van der Waals surface area (Å²) in [7, 11) is -3.60. The Morgan fingerprint density at radius 2 is 2.14 bits per heavy atom. The largest absolute Gasteiger partial charge is 0.383 e. The van der Waals surface area contributed by atoms with Gasteiger partial charge >= 0.3 is 0 Å². The van der Waals surface area contributed by atoms with Crippen molar-refractivity contribution in [1.29, 1.82) is 0 Å². The first-order chi connectivity index (χ1) is 10.4. The Hall–Kier alpha value is -1.73. The zero-order valence-corrected chi connectivity index (χ0v) is 12.8. The first-order valence-corrected chi connectivity index (χ1v) is 8.82. The standard InChI is InChI=1S/C15H16FNO4S/c1-22(19,20)13-6-9(7-16)2-5-11(13)14(18)12-8-17-21-15(12)10-3-4-10/h2,5-6,8,10,14,18H,3-4,7H2,1H3. The summed E-state index contributed by atoms with van der Waals surface area (Å²) >= 11 is 0. The van der Waals surface area contributed by atoms with Gasteiger partial charge in [0, 0.05) is 23.3 Å². The van der Waals surface area contributed by atoms with E-state index in [0.29, 0.717) is 11.3 Å². The lowest BCUT2D eigenvalue weighted by Crippen LogP contribution is -2.09. The van der Waals surface area contributed by atoms with Crippen molar-refractivity contribution in [2.24, 2.45) is 0 Å². The van der Waals surface area contributed by atoms with Gasteiger partial charge in [-0.3, -0.25) is 0 Å². The fraction of sp³-hybridized carbons (Fsp3) is 0.400. The third-order valence-electron chi connectivity index (χ3n) is 3.80. The van der Waals surface area contributed by atoms with E-state index in [-0.39, 0.29) is 21.9 Å². The summed E-state index contributed by atoms with van der Waals surface area (Å²) in [5.74, 6) is 0.834. The second-order valence-corrected chi connectivity index (χ2v) is 7.58. The second kappa shape index (κ2) is 5.48. The molecule has 0 bridgehead atoms. The van der Waals surface area contributed by atoms with E-state index in [0.717, 1.165) is 19.1 Å². The molecule has 7 heteroatoms. The third kappa shape index (κ3) is 2.78. The topological polar surface area (TPSA) is 80.4 Å². The summed E-state index contributed by atoms with van der Waals surface area (Å²) in [5, 5.41) is 14.3. The fourth-order valence-electron chi connectivity index (χ4n) is 2.49. The van der Waals surface area contributed by atoms with Gasteiger partial charge in [0.15, 0.2) is 9.84 Å². The van der Waals surface area contributed by atoms with Gasteiger partial charge in [-0.25, -0.2) is 12.8 Å². The molecule has 1 fully saturated rings. The highest BCUT2D eigenvalue weighted by Crippen LogP contribution is 2.44. The molecule has 1 N–H and O–H groups in total. The van der Waals surface area contributed by atoms with E-state index in [2.05, 4.69) is 5.16 Å². The van der Waals surface area contributed by atoms with Crippen LogP contribution in [0.15, 0.2) is 33.8 Å². The van der Waals surface area contributed by atoms with Crippen molar-refractivity contribution in [1.82, 2.24) is 5.16 Å². The van der Waals surface area contributed by atoms with Gasteiger partial charge in [0.05, 0.1) is 11.1 Å². The number of alkyl halides is 1. The molecule has 1 atom stereocenters. The number of hydrogen-bond donors (Lipinski definition) is 1. The lowest BCUT2D eigenvalue weighted by atomic mass is 10.00. The van der Waals surface area contributed by atoms with Crippen molar-refractivity contribution < 1.29 is 22.4 Å². The number of aliphatic hydroxyl groups excluding tert-OH is 1. The minimum atomic E-state index is -3.60. The van der Waals surface area contributed by atoms with Crippen molar-refractivity contribution in [3.63, 3.8) is 0 Å². The molecule has 1 aliphatic rings. The van der Waals surface area contributed by atoms with E-state index < -0.39 is 22.6 Å². The predicted molar refractivity (Wildman–Crippen MR) is 76.9 cm³/mol.